The molecule has 0 fully saturated rings. The summed E-state index contributed by atoms with van der Waals surface area (Å²) in [7, 11) is 2.99. The molecular weight excluding hydrogens is 378 g/mol. The summed E-state index contributed by atoms with van der Waals surface area (Å²) in [5, 5.41) is 15.5. The molecule has 0 aliphatic rings. The SMILES string of the molecule is COc1cc(N/C=C(/C#N)C(=O)Nc2c(C)cc(C)cc2C)c(OC)cc1Cl. The maximum absolute atomic E-state index is 12.6. The van der Waals surface area contributed by atoms with E-state index >= 15 is 0 Å². The molecule has 0 bridgehead atoms. The second-order valence-electron chi connectivity index (χ2n) is 6.23. The van der Waals surface area contributed by atoms with Gasteiger partial charge in [-0.15, -0.1) is 0 Å². The first-order valence-electron chi connectivity index (χ1n) is 8.48. The van der Waals surface area contributed by atoms with E-state index in [1.165, 1.54) is 20.4 Å². The average Bonchev–Trinajstić information content (AvgIpc) is 2.65. The number of hydrogen-bond donors (Lipinski definition) is 2. The van der Waals surface area contributed by atoms with Crippen molar-refractivity contribution in [2.24, 2.45) is 0 Å². The highest BCUT2D eigenvalue weighted by atomic mass is 35.5. The minimum absolute atomic E-state index is 0.0876. The van der Waals surface area contributed by atoms with Gasteiger partial charge in [0.05, 0.1) is 24.9 Å². The van der Waals surface area contributed by atoms with E-state index in [0.29, 0.717) is 27.9 Å². The van der Waals surface area contributed by atoms with Crippen molar-refractivity contribution >= 4 is 28.9 Å². The van der Waals surface area contributed by atoms with Gasteiger partial charge in [0, 0.05) is 24.0 Å². The molecule has 0 aliphatic carbocycles. The second-order valence-corrected chi connectivity index (χ2v) is 6.64. The van der Waals surface area contributed by atoms with Gasteiger partial charge in [-0.3, -0.25) is 4.79 Å². The summed E-state index contributed by atoms with van der Waals surface area (Å²) < 4.78 is 10.5. The first-order chi connectivity index (χ1) is 13.3. The fraction of sp³-hybridized carbons (Fsp3) is 0.238. The summed E-state index contributed by atoms with van der Waals surface area (Å²) in [6, 6.07) is 9.06. The van der Waals surface area contributed by atoms with Gasteiger partial charge in [0.25, 0.3) is 5.91 Å². The molecule has 2 rings (SSSR count). The number of benzene rings is 2. The average molecular weight is 400 g/mol. The molecule has 0 aliphatic heterocycles. The highest BCUT2D eigenvalue weighted by molar-refractivity contribution is 6.32. The summed E-state index contributed by atoms with van der Waals surface area (Å²) in [6.45, 7) is 5.81. The van der Waals surface area contributed by atoms with Gasteiger partial charge in [0.1, 0.15) is 23.1 Å². The van der Waals surface area contributed by atoms with Crippen LogP contribution in [0.4, 0.5) is 11.4 Å². The Morgan fingerprint density at radius 2 is 1.68 bits per heavy atom. The van der Waals surface area contributed by atoms with Crippen LogP contribution in [0.25, 0.3) is 0 Å². The largest absolute Gasteiger partial charge is 0.495 e. The highest BCUT2D eigenvalue weighted by Gasteiger charge is 2.14. The number of nitriles is 1. The standard InChI is InChI=1S/C21H22ClN3O3/c1-12-6-13(2)20(14(3)7-12)25-21(26)15(10-23)11-24-17-9-18(27-4)16(22)8-19(17)28-5/h6-9,11,24H,1-5H3,(H,25,26)/b15-11-. The lowest BCUT2D eigenvalue weighted by atomic mass is 10.0. The van der Waals surface area contributed by atoms with Gasteiger partial charge in [0.2, 0.25) is 0 Å². The van der Waals surface area contributed by atoms with E-state index in [1.54, 1.807) is 12.1 Å². The summed E-state index contributed by atoms with van der Waals surface area (Å²) in [6.07, 6.45) is 1.32. The number of anilines is 2. The van der Waals surface area contributed by atoms with Crippen LogP contribution >= 0.6 is 11.6 Å². The number of halogens is 1. The molecule has 0 unspecified atom stereocenters. The van der Waals surface area contributed by atoms with Crippen molar-refractivity contribution in [3.05, 3.63) is 57.8 Å². The Labute approximate surface area is 169 Å². The lowest BCUT2D eigenvalue weighted by molar-refractivity contribution is -0.112. The zero-order chi connectivity index (χ0) is 20.8. The maximum atomic E-state index is 12.6. The summed E-state index contributed by atoms with van der Waals surface area (Å²) >= 11 is 6.09. The topological polar surface area (TPSA) is 83.4 Å². The monoisotopic (exact) mass is 399 g/mol. The Morgan fingerprint density at radius 3 is 2.21 bits per heavy atom. The van der Waals surface area contributed by atoms with Gasteiger partial charge < -0.3 is 20.1 Å². The highest BCUT2D eigenvalue weighted by Crippen LogP contribution is 2.36. The van der Waals surface area contributed by atoms with Gasteiger partial charge in [-0.2, -0.15) is 5.26 Å². The van der Waals surface area contributed by atoms with Crippen molar-refractivity contribution in [3.8, 4) is 17.6 Å². The lowest BCUT2D eigenvalue weighted by Gasteiger charge is -2.13. The van der Waals surface area contributed by atoms with Gasteiger partial charge >= 0.3 is 0 Å². The molecular formula is C21H22ClN3O3. The van der Waals surface area contributed by atoms with Crippen molar-refractivity contribution in [1.82, 2.24) is 0 Å². The molecule has 0 saturated heterocycles. The molecule has 0 aromatic heterocycles. The molecule has 2 aromatic carbocycles. The van der Waals surface area contributed by atoms with E-state index < -0.39 is 5.91 Å². The number of ether oxygens (including phenoxy) is 2. The van der Waals surface area contributed by atoms with Gasteiger partial charge in [-0.25, -0.2) is 0 Å². The fourth-order valence-electron chi connectivity index (χ4n) is 2.83. The Hall–Kier alpha value is -3.17. The number of amides is 1. The van der Waals surface area contributed by atoms with Crippen molar-refractivity contribution in [2.75, 3.05) is 24.9 Å². The minimum Gasteiger partial charge on any atom is -0.495 e. The van der Waals surface area contributed by atoms with Crippen molar-refractivity contribution in [1.29, 1.82) is 5.26 Å². The van der Waals surface area contributed by atoms with E-state index in [-0.39, 0.29) is 5.57 Å². The summed E-state index contributed by atoms with van der Waals surface area (Å²) in [5.74, 6) is 0.377. The number of aryl methyl sites for hydroxylation is 3. The molecule has 6 nitrogen and oxygen atoms in total. The van der Waals surface area contributed by atoms with Gasteiger partial charge in [0.15, 0.2) is 0 Å². The van der Waals surface area contributed by atoms with E-state index in [1.807, 2.05) is 39.0 Å². The Morgan fingerprint density at radius 1 is 1.07 bits per heavy atom. The first-order valence-corrected chi connectivity index (χ1v) is 8.86. The molecule has 0 radical (unpaired) electrons. The molecule has 0 atom stereocenters. The van der Waals surface area contributed by atoms with Crippen molar-refractivity contribution in [2.45, 2.75) is 20.8 Å². The number of methoxy groups -OCH3 is 2. The quantitative estimate of drug-likeness (QED) is 0.541. The van der Waals surface area contributed by atoms with Crippen molar-refractivity contribution < 1.29 is 14.3 Å². The van der Waals surface area contributed by atoms with Crippen molar-refractivity contribution in [3.63, 3.8) is 0 Å². The van der Waals surface area contributed by atoms with E-state index in [0.717, 1.165) is 16.7 Å². The predicted octanol–water partition coefficient (Wildman–Crippen LogP) is 4.74. The van der Waals surface area contributed by atoms with Crippen LogP contribution in [-0.2, 0) is 4.79 Å². The Kier molecular flexibility index (Phi) is 6.91. The fourth-order valence-corrected chi connectivity index (χ4v) is 3.06. The molecule has 146 valence electrons. The number of carbonyl (C=O) groups is 1. The van der Waals surface area contributed by atoms with Crippen LogP contribution in [0.2, 0.25) is 5.02 Å². The zero-order valence-corrected chi connectivity index (χ0v) is 17.2. The lowest BCUT2D eigenvalue weighted by Crippen LogP contribution is -2.16. The number of rotatable bonds is 6. The Bertz CT molecular complexity index is 955. The molecule has 28 heavy (non-hydrogen) atoms. The molecule has 0 spiro atoms. The van der Waals surface area contributed by atoms with Crippen LogP contribution in [-0.4, -0.2) is 20.1 Å². The van der Waals surface area contributed by atoms with Crippen LogP contribution < -0.4 is 20.1 Å². The molecule has 1 amide bonds. The zero-order valence-electron chi connectivity index (χ0n) is 16.4. The normalized spacial score (nSPS) is 10.8. The molecule has 7 heteroatoms. The van der Waals surface area contributed by atoms with Crippen LogP contribution in [0, 0.1) is 32.1 Å². The second kappa shape index (κ2) is 9.16. The minimum atomic E-state index is -0.509. The number of nitrogens with zero attached hydrogens (tertiary/aromatic N) is 1. The Balaban J connectivity index is 2.28. The summed E-state index contributed by atoms with van der Waals surface area (Å²) in [5.41, 5.74) is 4.08. The third-order valence-electron chi connectivity index (χ3n) is 4.13. The third kappa shape index (κ3) is 4.76. The molecule has 2 aromatic rings. The molecule has 0 saturated carbocycles. The van der Waals surface area contributed by atoms with E-state index in [2.05, 4.69) is 10.6 Å². The van der Waals surface area contributed by atoms with Gasteiger partial charge in [-0.05, 0) is 31.9 Å². The number of nitrogens with one attached hydrogen (secondary N) is 2. The van der Waals surface area contributed by atoms with Crippen LogP contribution in [0.15, 0.2) is 36.0 Å². The number of hydrogen-bond acceptors (Lipinski definition) is 5. The van der Waals surface area contributed by atoms with Crippen LogP contribution in [0.1, 0.15) is 16.7 Å². The van der Waals surface area contributed by atoms with E-state index in [9.17, 15) is 10.1 Å². The predicted molar refractivity (Wildman–Crippen MR) is 111 cm³/mol. The van der Waals surface area contributed by atoms with Crippen LogP contribution in [0.5, 0.6) is 11.5 Å². The van der Waals surface area contributed by atoms with Crippen LogP contribution in [0.3, 0.4) is 0 Å². The van der Waals surface area contributed by atoms with E-state index in [4.69, 9.17) is 21.1 Å². The molecule has 2 N–H and O–H groups in total. The van der Waals surface area contributed by atoms with Gasteiger partial charge in [-0.1, -0.05) is 29.3 Å². The molecule has 0 heterocycles. The smallest absolute Gasteiger partial charge is 0.267 e. The maximum Gasteiger partial charge on any atom is 0.267 e. The third-order valence-corrected chi connectivity index (χ3v) is 4.42. The summed E-state index contributed by atoms with van der Waals surface area (Å²) in [4.78, 5) is 12.6. The number of carbonyl (C=O) groups excluding carboxylic acids is 1. The first kappa shape index (κ1) is 21.1.